The first kappa shape index (κ1) is 28.2. The Morgan fingerprint density at radius 2 is 1.74 bits per heavy atom. The minimum absolute atomic E-state index is 0.0357. The summed E-state index contributed by atoms with van der Waals surface area (Å²) in [5, 5.41) is 11.3. The Morgan fingerprint density at radius 1 is 1.05 bits per heavy atom. The number of benzene rings is 3. The molecule has 0 radical (unpaired) electrons. The van der Waals surface area contributed by atoms with Gasteiger partial charge in [0.25, 0.3) is 5.91 Å². The maximum atomic E-state index is 14.9. The molecular formula is C27H24ClF4N3O4. The summed E-state index contributed by atoms with van der Waals surface area (Å²) in [7, 11) is 1.58. The highest BCUT2D eigenvalue weighted by Gasteiger charge is 2.35. The van der Waals surface area contributed by atoms with Gasteiger partial charge in [0, 0.05) is 42.4 Å². The average Bonchev–Trinajstić information content (AvgIpc) is 2.90. The zero-order chi connectivity index (χ0) is 28.4. The third-order valence-electron chi connectivity index (χ3n) is 6.49. The van der Waals surface area contributed by atoms with E-state index in [1.165, 1.54) is 28.0 Å². The maximum absolute atomic E-state index is 14.9. The number of rotatable bonds is 8. The van der Waals surface area contributed by atoms with Gasteiger partial charge in [-0.2, -0.15) is 0 Å². The molecule has 1 aliphatic rings. The molecule has 0 bridgehead atoms. The fourth-order valence-electron chi connectivity index (χ4n) is 4.25. The first-order chi connectivity index (χ1) is 18.5. The van der Waals surface area contributed by atoms with Crippen molar-refractivity contribution in [3.63, 3.8) is 0 Å². The Labute approximate surface area is 226 Å². The number of amides is 3. The predicted octanol–water partition coefficient (Wildman–Crippen LogP) is 5.33. The Balaban J connectivity index is 1.66. The van der Waals surface area contributed by atoms with E-state index in [2.05, 4.69) is 5.32 Å². The van der Waals surface area contributed by atoms with Gasteiger partial charge in [-0.15, -0.1) is 0 Å². The minimum atomic E-state index is -1.14. The molecule has 1 unspecified atom stereocenters. The van der Waals surface area contributed by atoms with Gasteiger partial charge >= 0.3 is 6.03 Å². The smallest absolute Gasteiger partial charge is 0.325 e. The van der Waals surface area contributed by atoms with Crippen LogP contribution in [0.4, 0.5) is 28.0 Å². The van der Waals surface area contributed by atoms with E-state index in [0.717, 1.165) is 6.07 Å². The molecule has 0 fully saturated rings. The molecule has 12 heteroatoms. The van der Waals surface area contributed by atoms with Crippen molar-refractivity contribution in [1.82, 2.24) is 10.2 Å². The summed E-state index contributed by atoms with van der Waals surface area (Å²) >= 11 is 6.38. The molecule has 1 heterocycles. The Morgan fingerprint density at radius 3 is 2.41 bits per heavy atom. The summed E-state index contributed by atoms with van der Waals surface area (Å²) in [5.74, 6) is -4.64. The molecular weight excluding hydrogens is 542 g/mol. The number of hydrogen-bond donors (Lipinski definition) is 2. The third kappa shape index (κ3) is 5.64. The van der Waals surface area contributed by atoms with Crippen molar-refractivity contribution in [2.24, 2.45) is 0 Å². The number of carbonyl (C=O) groups is 2. The highest BCUT2D eigenvalue weighted by atomic mass is 35.5. The van der Waals surface area contributed by atoms with Crippen molar-refractivity contribution in [3.05, 3.63) is 93.0 Å². The summed E-state index contributed by atoms with van der Waals surface area (Å²) in [5.41, 5.74) is 0.496. The number of halogens is 5. The topological polar surface area (TPSA) is 82.1 Å². The number of fused-ring (bicyclic) bond motifs is 1. The normalized spacial score (nSPS) is 14.9. The van der Waals surface area contributed by atoms with Crippen LogP contribution in [-0.2, 0) is 13.1 Å². The van der Waals surface area contributed by atoms with Crippen LogP contribution in [0, 0.1) is 23.3 Å². The largest absolute Gasteiger partial charge is 0.490 e. The fraction of sp³-hybridized carbons (Fsp3) is 0.259. The third-order valence-corrected chi connectivity index (χ3v) is 6.91. The molecule has 39 heavy (non-hydrogen) atoms. The van der Waals surface area contributed by atoms with Crippen LogP contribution in [0.25, 0.3) is 0 Å². The second-order valence-electron chi connectivity index (χ2n) is 8.87. The summed E-state index contributed by atoms with van der Waals surface area (Å²) in [6, 6.07) is 7.13. The van der Waals surface area contributed by atoms with E-state index in [1.807, 2.05) is 0 Å². The van der Waals surface area contributed by atoms with E-state index in [1.54, 1.807) is 20.0 Å². The fourth-order valence-corrected chi connectivity index (χ4v) is 4.52. The van der Waals surface area contributed by atoms with Crippen molar-refractivity contribution >= 4 is 29.2 Å². The second kappa shape index (κ2) is 11.5. The van der Waals surface area contributed by atoms with Crippen molar-refractivity contribution in [2.75, 3.05) is 25.2 Å². The molecule has 0 spiro atoms. The monoisotopic (exact) mass is 565 g/mol. The lowest BCUT2D eigenvalue weighted by atomic mass is 9.98. The molecule has 206 valence electrons. The van der Waals surface area contributed by atoms with Gasteiger partial charge in [-0.25, -0.2) is 22.4 Å². The van der Waals surface area contributed by atoms with E-state index < -0.39 is 47.3 Å². The van der Waals surface area contributed by atoms with Gasteiger partial charge in [-0.05, 0) is 36.8 Å². The van der Waals surface area contributed by atoms with Crippen LogP contribution in [-0.4, -0.2) is 42.2 Å². The number of carbonyl (C=O) groups excluding carboxylic acids is 2. The summed E-state index contributed by atoms with van der Waals surface area (Å²) in [6.07, 6.45) is 0. The van der Waals surface area contributed by atoms with Crippen LogP contribution in [0.2, 0.25) is 5.02 Å². The lowest BCUT2D eigenvalue weighted by Gasteiger charge is -2.40. The van der Waals surface area contributed by atoms with Gasteiger partial charge < -0.3 is 20.1 Å². The molecule has 1 aliphatic heterocycles. The summed E-state index contributed by atoms with van der Waals surface area (Å²) in [6.45, 7) is 0.582. The van der Waals surface area contributed by atoms with E-state index in [0.29, 0.717) is 23.4 Å². The zero-order valence-electron chi connectivity index (χ0n) is 20.9. The number of nitrogens with zero attached hydrogens (tertiary/aromatic N) is 2. The number of ether oxygens (including phenoxy) is 1. The molecule has 3 aromatic rings. The summed E-state index contributed by atoms with van der Waals surface area (Å²) in [4.78, 5) is 28.9. The average molecular weight is 566 g/mol. The van der Waals surface area contributed by atoms with E-state index >= 15 is 0 Å². The summed E-state index contributed by atoms with van der Waals surface area (Å²) < 4.78 is 61.4. The lowest BCUT2D eigenvalue weighted by Crippen LogP contribution is -2.46. The molecule has 0 saturated carbocycles. The van der Waals surface area contributed by atoms with E-state index in [4.69, 9.17) is 21.4 Å². The van der Waals surface area contributed by atoms with Gasteiger partial charge in [-0.1, -0.05) is 17.7 Å². The quantitative estimate of drug-likeness (QED) is 0.362. The SMILES string of the molecule is CC1c2ccc(C(=O)NCc3c(F)cc(F)cc3F)cc2N(Cc2c(F)ccc(OCCO)c2Cl)C(=O)N1C. The van der Waals surface area contributed by atoms with Crippen molar-refractivity contribution in [2.45, 2.75) is 26.1 Å². The minimum Gasteiger partial charge on any atom is -0.490 e. The van der Waals surface area contributed by atoms with Crippen molar-refractivity contribution in [1.29, 1.82) is 0 Å². The van der Waals surface area contributed by atoms with Gasteiger partial charge in [-0.3, -0.25) is 9.69 Å². The zero-order valence-corrected chi connectivity index (χ0v) is 21.7. The standard InChI is InChI=1S/C27H24ClF4N3O4/c1-14-17-4-3-15(26(37)33-12-18-21(31)10-16(29)11-22(18)32)9-23(17)35(27(38)34(14)2)13-19-20(30)5-6-24(25(19)28)39-8-7-36/h3-6,9-11,14,36H,7-8,12-13H2,1-2H3,(H,33,37). The molecule has 1 atom stereocenters. The molecule has 2 N–H and O–H groups in total. The van der Waals surface area contributed by atoms with Crippen LogP contribution in [0.15, 0.2) is 42.5 Å². The van der Waals surface area contributed by atoms with E-state index in [-0.39, 0.29) is 47.7 Å². The molecule has 7 nitrogen and oxygen atoms in total. The molecule has 0 aromatic heterocycles. The van der Waals surface area contributed by atoms with Crippen LogP contribution in [0.1, 0.15) is 40.0 Å². The number of nitrogens with one attached hydrogen (secondary N) is 1. The first-order valence-electron chi connectivity index (χ1n) is 11.8. The number of hydrogen-bond acceptors (Lipinski definition) is 4. The first-order valence-corrected chi connectivity index (χ1v) is 12.2. The van der Waals surface area contributed by atoms with Crippen LogP contribution in [0.5, 0.6) is 5.75 Å². The number of urea groups is 1. The lowest BCUT2D eigenvalue weighted by molar-refractivity contribution is 0.0950. The Kier molecular flexibility index (Phi) is 8.31. The van der Waals surface area contributed by atoms with Gasteiger partial charge in [0.2, 0.25) is 0 Å². The molecule has 4 rings (SSSR count). The molecule has 0 saturated heterocycles. The molecule has 3 aromatic carbocycles. The molecule has 3 amide bonds. The van der Waals surface area contributed by atoms with Crippen LogP contribution >= 0.6 is 11.6 Å². The Bertz CT molecular complexity index is 1420. The van der Waals surface area contributed by atoms with Crippen molar-refractivity contribution < 1.29 is 37.0 Å². The van der Waals surface area contributed by atoms with E-state index in [9.17, 15) is 27.2 Å². The number of aliphatic hydroxyl groups is 1. The highest BCUT2D eigenvalue weighted by Crippen LogP contribution is 2.39. The predicted molar refractivity (Wildman–Crippen MR) is 136 cm³/mol. The Hall–Kier alpha value is -3.83. The highest BCUT2D eigenvalue weighted by molar-refractivity contribution is 6.32. The number of anilines is 1. The van der Waals surface area contributed by atoms with Crippen LogP contribution < -0.4 is 15.0 Å². The van der Waals surface area contributed by atoms with Gasteiger partial charge in [0.05, 0.1) is 29.9 Å². The van der Waals surface area contributed by atoms with Crippen LogP contribution in [0.3, 0.4) is 0 Å². The van der Waals surface area contributed by atoms with Gasteiger partial charge in [0.1, 0.15) is 35.6 Å². The number of aliphatic hydroxyl groups excluding tert-OH is 1. The second-order valence-corrected chi connectivity index (χ2v) is 9.25. The van der Waals surface area contributed by atoms with Gasteiger partial charge in [0.15, 0.2) is 0 Å². The molecule has 0 aliphatic carbocycles. The van der Waals surface area contributed by atoms with Crippen molar-refractivity contribution in [3.8, 4) is 5.75 Å². The maximum Gasteiger partial charge on any atom is 0.325 e.